The number of hydrogen-bond donors (Lipinski definition) is 0. The van der Waals surface area contributed by atoms with E-state index in [0.717, 1.165) is 12.3 Å². The number of allylic oxidation sites excluding steroid dienone is 1. The minimum atomic E-state index is 0.118. The Balaban J connectivity index is 2.49. The fourth-order valence-corrected chi connectivity index (χ4v) is 2.24. The molecule has 1 aliphatic rings. The van der Waals surface area contributed by atoms with Crippen molar-refractivity contribution in [3.05, 3.63) is 12.2 Å². The number of carbonyl (C=O) groups is 1. The molecule has 0 heterocycles. The van der Waals surface area contributed by atoms with Crippen LogP contribution in [0.5, 0.6) is 0 Å². The lowest BCUT2D eigenvalue weighted by atomic mass is 9.80. The lowest BCUT2D eigenvalue weighted by Gasteiger charge is -2.32. The number of Topliss-reactive ketones (excluding diaryl/α,β-unsaturated/α-hetero) is 1. The van der Waals surface area contributed by atoms with Gasteiger partial charge in [-0.25, -0.2) is 0 Å². The summed E-state index contributed by atoms with van der Waals surface area (Å²) >= 11 is 0. The molecule has 1 saturated carbocycles. The molecule has 0 aromatic heterocycles. The summed E-state index contributed by atoms with van der Waals surface area (Å²) in [5, 5.41) is 0. The summed E-state index contributed by atoms with van der Waals surface area (Å²) in [5.74, 6) is 1.35. The number of ether oxygens (including phenoxy) is 1. The van der Waals surface area contributed by atoms with Gasteiger partial charge in [-0.15, -0.1) is 0 Å². The fraction of sp³-hybridized carbons (Fsp3) is 0.769. The van der Waals surface area contributed by atoms with E-state index in [1.165, 1.54) is 12.8 Å². The van der Waals surface area contributed by atoms with Crippen LogP contribution in [0.3, 0.4) is 0 Å². The maximum Gasteiger partial charge on any atom is 0.155 e. The van der Waals surface area contributed by atoms with E-state index < -0.39 is 0 Å². The Kier molecular flexibility index (Phi) is 5.03. The van der Waals surface area contributed by atoms with Gasteiger partial charge in [0.05, 0.1) is 6.10 Å². The molecule has 15 heavy (non-hydrogen) atoms. The van der Waals surface area contributed by atoms with Crippen molar-refractivity contribution in [1.29, 1.82) is 0 Å². The van der Waals surface area contributed by atoms with Crippen LogP contribution >= 0.6 is 0 Å². The van der Waals surface area contributed by atoms with Crippen LogP contribution in [0.15, 0.2) is 12.2 Å². The molecule has 0 aromatic rings. The molecule has 1 aliphatic carbocycles. The van der Waals surface area contributed by atoms with E-state index in [9.17, 15) is 4.79 Å². The zero-order valence-electron chi connectivity index (χ0n) is 10.0. The predicted octanol–water partition coefficient (Wildman–Crippen LogP) is 2.97. The van der Waals surface area contributed by atoms with Crippen molar-refractivity contribution in [2.75, 3.05) is 6.61 Å². The lowest BCUT2D eigenvalue weighted by molar-refractivity contribution is -0.125. The van der Waals surface area contributed by atoms with Crippen molar-refractivity contribution in [2.24, 2.45) is 11.8 Å². The van der Waals surface area contributed by atoms with Gasteiger partial charge in [0.25, 0.3) is 0 Å². The minimum absolute atomic E-state index is 0.118. The van der Waals surface area contributed by atoms with E-state index in [4.69, 9.17) is 4.74 Å². The van der Waals surface area contributed by atoms with Crippen molar-refractivity contribution in [3.8, 4) is 0 Å². The Hall–Kier alpha value is -0.630. The number of ketones is 1. The standard InChI is InChI=1S/C13H22O2/c1-4-5-12-7-6-10(2)8-13(12)15-9-11(3)14/h4-5,10,12-13H,6-9H2,1-3H3/b5-4+. The van der Waals surface area contributed by atoms with Crippen molar-refractivity contribution >= 4 is 5.78 Å². The molecule has 2 nitrogen and oxygen atoms in total. The van der Waals surface area contributed by atoms with Crippen LogP contribution in [0, 0.1) is 11.8 Å². The van der Waals surface area contributed by atoms with Crippen molar-refractivity contribution in [3.63, 3.8) is 0 Å². The Labute approximate surface area is 92.7 Å². The molecule has 0 spiro atoms. The van der Waals surface area contributed by atoms with Crippen LogP contribution in [0.4, 0.5) is 0 Å². The highest BCUT2D eigenvalue weighted by Gasteiger charge is 2.27. The molecular weight excluding hydrogens is 188 g/mol. The minimum Gasteiger partial charge on any atom is -0.370 e. The van der Waals surface area contributed by atoms with Crippen LogP contribution in [0.25, 0.3) is 0 Å². The van der Waals surface area contributed by atoms with Crippen LogP contribution in [-0.2, 0) is 9.53 Å². The third-order valence-corrected chi connectivity index (χ3v) is 3.05. The monoisotopic (exact) mass is 210 g/mol. The summed E-state index contributed by atoms with van der Waals surface area (Å²) in [5.41, 5.74) is 0. The molecule has 0 N–H and O–H groups in total. The van der Waals surface area contributed by atoms with Gasteiger partial charge in [0.1, 0.15) is 6.61 Å². The topological polar surface area (TPSA) is 26.3 Å². The molecule has 86 valence electrons. The van der Waals surface area contributed by atoms with Crippen molar-refractivity contribution < 1.29 is 9.53 Å². The van der Waals surface area contributed by atoms with E-state index in [-0.39, 0.29) is 18.5 Å². The lowest BCUT2D eigenvalue weighted by Crippen LogP contribution is -2.31. The van der Waals surface area contributed by atoms with E-state index in [1.807, 2.05) is 6.92 Å². The summed E-state index contributed by atoms with van der Waals surface area (Å²) in [6.45, 7) is 6.15. The normalized spacial score (nSPS) is 32.1. The van der Waals surface area contributed by atoms with Gasteiger partial charge in [0, 0.05) is 5.92 Å². The zero-order chi connectivity index (χ0) is 11.3. The fourth-order valence-electron chi connectivity index (χ4n) is 2.24. The maximum atomic E-state index is 10.9. The first-order valence-electron chi connectivity index (χ1n) is 5.87. The third-order valence-electron chi connectivity index (χ3n) is 3.05. The van der Waals surface area contributed by atoms with Gasteiger partial charge in [-0.1, -0.05) is 19.1 Å². The number of carbonyl (C=O) groups excluding carboxylic acids is 1. The van der Waals surface area contributed by atoms with Gasteiger partial charge in [-0.2, -0.15) is 0 Å². The number of rotatable bonds is 4. The second kappa shape index (κ2) is 6.06. The molecule has 0 aliphatic heterocycles. The van der Waals surface area contributed by atoms with Gasteiger partial charge in [0.15, 0.2) is 5.78 Å². The average Bonchev–Trinajstić information content (AvgIpc) is 2.18. The highest BCUT2D eigenvalue weighted by atomic mass is 16.5. The molecule has 0 saturated heterocycles. The van der Waals surface area contributed by atoms with E-state index >= 15 is 0 Å². The molecule has 0 radical (unpaired) electrons. The zero-order valence-corrected chi connectivity index (χ0v) is 10.0. The van der Waals surface area contributed by atoms with Crippen LogP contribution < -0.4 is 0 Å². The second-order valence-corrected chi connectivity index (χ2v) is 4.66. The van der Waals surface area contributed by atoms with Gasteiger partial charge in [0.2, 0.25) is 0 Å². The molecule has 3 atom stereocenters. The van der Waals surface area contributed by atoms with Gasteiger partial charge < -0.3 is 4.74 Å². The Bertz CT molecular complexity index is 233. The molecule has 1 fully saturated rings. The summed E-state index contributed by atoms with van der Waals surface area (Å²) in [6, 6.07) is 0. The van der Waals surface area contributed by atoms with Crippen molar-refractivity contribution in [2.45, 2.75) is 46.1 Å². The largest absolute Gasteiger partial charge is 0.370 e. The third kappa shape index (κ3) is 4.17. The molecule has 1 rings (SSSR count). The SMILES string of the molecule is C/C=C/C1CCC(C)CC1OCC(C)=O. The summed E-state index contributed by atoms with van der Waals surface area (Å²) < 4.78 is 5.68. The second-order valence-electron chi connectivity index (χ2n) is 4.66. The Morgan fingerprint density at radius 3 is 2.80 bits per heavy atom. The Morgan fingerprint density at radius 1 is 1.47 bits per heavy atom. The van der Waals surface area contributed by atoms with Gasteiger partial charge in [-0.3, -0.25) is 4.79 Å². The highest BCUT2D eigenvalue weighted by Crippen LogP contribution is 2.31. The highest BCUT2D eigenvalue weighted by molar-refractivity contribution is 5.76. The van der Waals surface area contributed by atoms with E-state index in [2.05, 4.69) is 19.1 Å². The van der Waals surface area contributed by atoms with Gasteiger partial charge in [-0.05, 0) is 39.0 Å². The van der Waals surface area contributed by atoms with Crippen molar-refractivity contribution in [1.82, 2.24) is 0 Å². The van der Waals surface area contributed by atoms with E-state index in [1.54, 1.807) is 6.92 Å². The van der Waals surface area contributed by atoms with Crippen LogP contribution in [0.1, 0.15) is 40.0 Å². The summed E-state index contributed by atoms with van der Waals surface area (Å²) in [4.78, 5) is 10.9. The smallest absolute Gasteiger partial charge is 0.155 e. The van der Waals surface area contributed by atoms with Gasteiger partial charge >= 0.3 is 0 Å². The summed E-state index contributed by atoms with van der Waals surface area (Å²) in [7, 11) is 0. The Morgan fingerprint density at radius 2 is 2.20 bits per heavy atom. The van der Waals surface area contributed by atoms with Crippen LogP contribution in [0.2, 0.25) is 0 Å². The summed E-state index contributed by atoms with van der Waals surface area (Å²) in [6.07, 6.45) is 8.10. The molecular formula is C13H22O2. The number of hydrogen-bond acceptors (Lipinski definition) is 2. The first-order valence-corrected chi connectivity index (χ1v) is 5.87. The molecule has 0 bridgehead atoms. The van der Waals surface area contributed by atoms with Crippen LogP contribution in [-0.4, -0.2) is 18.5 Å². The van der Waals surface area contributed by atoms with E-state index in [0.29, 0.717) is 5.92 Å². The average molecular weight is 210 g/mol. The predicted molar refractivity (Wildman–Crippen MR) is 61.7 cm³/mol. The first-order chi connectivity index (χ1) is 7.13. The molecule has 0 amide bonds. The molecule has 0 aromatic carbocycles. The molecule has 2 heteroatoms. The first kappa shape index (κ1) is 12.4. The quantitative estimate of drug-likeness (QED) is 0.667. The maximum absolute atomic E-state index is 10.9. The molecule has 3 unspecified atom stereocenters.